The standard InChI is InChI=1S/C14H19N3O2/c15-13(18)14(19)17-10-8-16(9-11-17)7-6-12-4-2-1-3-5-12/h1-5H,6-11H2,(H2,15,18). The van der Waals surface area contributed by atoms with E-state index in [0.29, 0.717) is 13.1 Å². The number of rotatable bonds is 3. The molecule has 0 unspecified atom stereocenters. The molecule has 1 fully saturated rings. The molecule has 0 spiro atoms. The molecule has 0 radical (unpaired) electrons. The van der Waals surface area contributed by atoms with E-state index in [-0.39, 0.29) is 0 Å². The van der Waals surface area contributed by atoms with Crippen LogP contribution in [0.4, 0.5) is 0 Å². The van der Waals surface area contributed by atoms with Gasteiger partial charge in [0.05, 0.1) is 0 Å². The number of carbonyl (C=O) groups is 2. The van der Waals surface area contributed by atoms with Crippen molar-refractivity contribution in [3.8, 4) is 0 Å². The largest absolute Gasteiger partial charge is 0.361 e. The zero-order chi connectivity index (χ0) is 13.7. The second-order valence-electron chi connectivity index (χ2n) is 4.73. The minimum absolute atomic E-state index is 0.567. The Bertz CT molecular complexity index is 439. The Kier molecular flexibility index (Phi) is 4.52. The Morgan fingerprint density at radius 3 is 2.26 bits per heavy atom. The van der Waals surface area contributed by atoms with Gasteiger partial charge in [-0.15, -0.1) is 0 Å². The first-order valence-electron chi connectivity index (χ1n) is 6.52. The third-order valence-corrected chi connectivity index (χ3v) is 3.43. The van der Waals surface area contributed by atoms with Crippen LogP contribution in [0, 0.1) is 0 Å². The molecular weight excluding hydrogens is 242 g/mol. The monoisotopic (exact) mass is 261 g/mol. The molecule has 2 amide bonds. The fraction of sp³-hybridized carbons (Fsp3) is 0.429. The molecule has 0 atom stereocenters. The summed E-state index contributed by atoms with van der Waals surface area (Å²) in [5.41, 5.74) is 6.31. The summed E-state index contributed by atoms with van der Waals surface area (Å²) in [5, 5.41) is 0. The number of piperazine rings is 1. The van der Waals surface area contributed by atoms with Crippen LogP contribution in [-0.4, -0.2) is 54.3 Å². The summed E-state index contributed by atoms with van der Waals surface area (Å²) in [6.45, 7) is 3.73. The molecule has 102 valence electrons. The quantitative estimate of drug-likeness (QED) is 0.770. The minimum Gasteiger partial charge on any atom is -0.361 e. The van der Waals surface area contributed by atoms with Gasteiger partial charge in [0.2, 0.25) is 0 Å². The number of hydrogen-bond acceptors (Lipinski definition) is 3. The Hall–Kier alpha value is -1.88. The smallest absolute Gasteiger partial charge is 0.311 e. The second-order valence-corrected chi connectivity index (χ2v) is 4.73. The third kappa shape index (κ3) is 3.79. The minimum atomic E-state index is -0.863. The highest BCUT2D eigenvalue weighted by Crippen LogP contribution is 2.05. The molecule has 1 aliphatic heterocycles. The molecule has 0 aromatic heterocycles. The van der Waals surface area contributed by atoms with Gasteiger partial charge in [0, 0.05) is 32.7 Å². The van der Waals surface area contributed by atoms with E-state index in [4.69, 9.17) is 5.73 Å². The van der Waals surface area contributed by atoms with E-state index >= 15 is 0 Å². The molecule has 5 heteroatoms. The molecule has 1 aliphatic rings. The molecule has 5 nitrogen and oxygen atoms in total. The van der Waals surface area contributed by atoms with Gasteiger partial charge in [-0.3, -0.25) is 14.5 Å². The molecular formula is C14H19N3O2. The van der Waals surface area contributed by atoms with Crippen molar-refractivity contribution in [1.82, 2.24) is 9.80 Å². The van der Waals surface area contributed by atoms with E-state index in [1.807, 2.05) is 18.2 Å². The number of nitrogens with two attached hydrogens (primary N) is 1. The lowest BCUT2D eigenvalue weighted by Crippen LogP contribution is -2.52. The number of amides is 2. The van der Waals surface area contributed by atoms with E-state index < -0.39 is 11.8 Å². The predicted octanol–water partition coefficient (Wildman–Crippen LogP) is -0.141. The van der Waals surface area contributed by atoms with Gasteiger partial charge in [-0.05, 0) is 12.0 Å². The second kappa shape index (κ2) is 6.33. The lowest BCUT2D eigenvalue weighted by molar-refractivity contribution is -0.145. The summed E-state index contributed by atoms with van der Waals surface area (Å²) >= 11 is 0. The summed E-state index contributed by atoms with van der Waals surface area (Å²) < 4.78 is 0. The van der Waals surface area contributed by atoms with E-state index in [0.717, 1.165) is 26.1 Å². The van der Waals surface area contributed by atoms with Gasteiger partial charge in [-0.1, -0.05) is 30.3 Å². The number of hydrogen-bond donors (Lipinski definition) is 1. The number of primary amides is 1. The van der Waals surface area contributed by atoms with Gasteiger partial charge in [0.25, 0.3) is 0 Å². The highest BCUT2D eigenvalue weighted by atomic mass is 16.2. The highest BCUT2D eigenvalue weighted by Gasteiger charge is 2.23. The van der Waals surface area contributed by atoms with Crippen LogP contribution < -0.4 is 5.73 Å². The Balaban J connectivity index is 1.75. The topological polar surface area (TPSA) is 66.6 Å². The SMILES string of the molecule is NC(=O)C(=O)N1CCN(CCc2ccccc2)CC1. The summed E-state index contributed by atoms with van der Waals surface area (Å²) in [6.07, 6.45) is 1.00. The van der Waals surface area contributed by atoms with Crippen LogP contribution in [-0.2, 0) is 16.0 Å². The van der Waals surface area contributed by atoms with Crippen molar-refractivity contribution in [2.45, 2.75) is 6.42 Å². The maximum atomic E-state index is 11.4. The Morgan fingerprint density at radius 2 is 1.68 bits per heavy atom. The van der Waals surface area contributed by atoms with Gasteiger partial charge in [0.15, 0.2) is 0 Å². The predicted molar refractivity (Wildman–Crippen MR) is 72.4 cm³/mol. The fourth-order valence-electron chi connectivity index (χ4n) is 2.26. The van der Waals surface area contributed by atoms with E-state index in [9.17, 15) is 9.59 Å². The molecule has 0 saturated carbocycles. The number of nitrogens with zero attached hydrogens (tertiary/aromatic N) is 2. The molecule has 0 bridgehead atoms. The van der Waals surface area contributed by atoms with Crippen LogP contribution in [0.2, 0.25) is 0 Å². The number of benzene rings is 1. The van der Waals surface area contributed by atoms with Gasteiger partial charge < -0.3 is 10.6 Å². The van der Waals surface area contributed by atoms with Crippen LogP contribution >= 0.6 is 0 Å². The van der Waals surface area contributed by atoms with Crippen molar-refractivity contribution in [1.29, 1.82) is 0 Å². The summed E-state index contributed by atoms with van der Waals surface area (Å²) in [5.74, 6) is -1.43. The maximum absolute atomic E-state index is 11.4. The summed E-state index contributed by atoms with van der Waals surface area (Å²) in [7, 11) is 0. The molecule has 2 rings (SSSR count). The van der Waals surface area contributed by atoms with E-state index in [1.54, 1.807) is 0 Å². The molecule has 1 aromatic carbocycles. The van der Waals surface area contributed by atoms with E-state index in [1.165, 1.54) is 10.5 Å². The fourth-order valence-corrected chi connectivity index (χ4v) is 2.26. The van der Waals surface area contributed by atoms with Gasteiger partial charge in [0.1, 0.15) is 0 Å². The first-order valence-corrected chi connectivity index (χ1v) is 6.52. The van der Waals surface area contributed by atoms with Crippen LogP contribution in [0.1, 0.15) is 5.56 Å². The van der Waals surface area contributed by atoms with Crippen molar-refractivity contribution in [2.24, 2.45) is 5.73 Å². The van der Waals surface area contributed by atoms with Crippen molar-refractivity contribution >= 4 is 11.8 Å². The lowest BCUT2D eigenvalue weighted by atomic mass is 10.1. The van der Waals surface area contributed by atoms with Crippen LogP contribution in [0.25, 0.3) is 0 Å². The molecule has 1 heterocycles. The Labute approximate surface area is 113 Å². The zero-order valence-electron chi connectivity index (χ0n) is 10.9. The van der Waals surface area contributed by atoms with Gasteiger partial charge in [-0.2, -0.15) is 0 Å². The average Bonchev–Trinajstić information content (AvgIpc) is 2.46. The summed E-state index contributed by atoms with van der Waals surface area (Å²) in [6, 6.07) is 10.3. The van der Waals surface area contributed by atoms with Crippen LogP contribution in [0.3, 0.4) is 0 Å². The first-order chi connectivity index (χ1) is 9.16. The average molecular weight is 261 g/mol. The zero-order valence-corrected chi connectivity index (χ0v) is 10.9. The van der Waals surface area contributed by atoms with Crippen LogP contribution in [0.15, 0.2) is 30.3 Å². The lowest BCUT2D eigenvalue weighted by Gasteiger charge is -2.34. The van der Waals surface area contributed by atoms with Gasteiger partial charge >= 0.3 is 11.8 Å². The Morgan fingerprint density at radius 1 is 1.05 bits per heavy atom. The molecule has 19 heavy (non-hydrogen) atoms. The van der Waals surface area contributed by atoms with Crippen molar-refractivity contribution < 1.29 is 9.59 Å². The molecule has 0 aliphatic carbocycles. The molecule has 1 aromatic rings. The highest BCUT2D eigenvalue weighted by molar-refractivity contribution is 6.34. The van der Waals surface area contributed by atoms with Crippen LogP contribution in [0.5, 0.6) is 0 Å². The number of carbonyl (C=O) groups excluding carboxylic acids is 2. The van der Waals surface area contributed by atoms with Crippen molar-refractivity contribution in [3.63, 3.8) is 0 Å². The third-order valence-electron chi connectivity index (χ3n) is 3.43. The molecule has 2 N–H and O–H groups in total. The van der Waals surface area contributed by atoms with Crippen molar-refractivity contribution in [3.05, 3.63) is 35.9 Å². The van der Waals surface area contributed by atoms with Crippen molar-refractivity contribution in [2.75, 3.05) is 32.7 Å². The summed E-state index contributed by atoms with van der Waals surface area (Å²) in [4.78, 5) is 26.1. The maximum Gasteiger partial charge on any atom is 0.311 e. The van der Waals surface area contributed by atoms with Gasteiger partial charge in [-0.25, -0.2) is 0 Å². The van der Waals surface area contributed by atoms with E-state index in [2.05, 4.69) is 17.0 Å². The first kappa shape index (κ1) is 13.5. The molecule has 1 saturated heterocycles. The normalized spacial score (nSPS) is 16.3.